The van der Waals surface area contributed by atoms with Crippen molar-refractivity contribution in [3.05, 3.63) is 71.7 Å². The van der Waals surface area contributed by atoms with Gasteiger partial charge in [-0.25, -0.2) is 4.98 Å². The Balaban J connectivity index is 1.49. The minimum absolute atomic E-state index is 0.0764. The Morgan fingerprint density at radius 3 is 2.57 bits per heavy atom. The van der Waals surface area contributed by atoms with Gasteiger partial charge in [0.15, 0.2) is 18.3 Å². The summed E-state index contributed by atoms with van der Waals surface area (Å²) >= 11 is 0. The number of benzene rings is 2. The van der Waals surface area contributed by atoms with E-state index in [0.717, 1.165) is 11.1 Å². The monoisotopic (exact) mass is 379 g/mol. The van der Waals surface area contributed by atoms with Gasteiger partial charge in [-0.15, -0.1) is 0 Å². The number of ketones is 1. The second-order valence-electron chi connectivity index (χ2n) is 6.27. The Bertz CT molecular complexity index is 959. The molecule has 0 atom stereocenters. The number of hydrogen-bond acceptors (Lipinski definition) is 6. The number of carbonyl (C=O) groups excluding carboxylic acids is 2. The van der Waals surface area contributed by atoms with E-state index in [1.165, 1.54) is 7.11 Å². The first-order valence-electron chi connectivity index (χ1n) is 8.90. The lowest BCUT2D eigenvalue weighted by Gasteiger charge is -2.07. The Hall–Kier alpha value is -3.41. The molecule has 0 fully saturated rings. The summed E-state index contributed by atoms with van der Waals surface area (Å²) in [6.07, 6.45) is 2.01. The molecule has 0 aliphatic rings. The van der Waals surface area contributed by atoms with Crippen LogP contribution in [0.3, 0.4) is 0 Å². The molecule has 0 spiro atoms. The molecule has 0 saturated heterocycles. The molecule has 0 bridgehead atoms. The van der Waals surface area contributed by atoms with Gasteiger partial charge in [0, 0.05) is 12.0 Å². The Morgan fingerprint density at radius 2 is 1.82 bits per heavy atom. The number of esters is 1. The summed E-state index contributed by atoms with van der Waals surface area (Å²) in [5, 5.41) is 0. The number of para-hydroxylation sites is 1. The van der Waals surface area contributed by atoms with Gasteiger partial charge in [-0.2, -0.15) is 0 Å². The van der Waals surface area contributed by atoms with E-state index >= 15 is 0 Å². The minimum Gasteiger partial charge on any atom is -0.496 e. The van der Waals surface area contributed by atoms with E-state index in [1.54, 1.807) is 30.5 Å². The molecule has 6 nitrogen and oxygen atoms in total. The van der Waals surface area contributed by atoms with E-state index in [9.17, 15) is 9.59 Å². The van der Waals surface area contributed by atoms with Crippen molar-refractivity contribution in [3.63, 3.8) is 0 Å². The van der Waals surface area contributed by atoms with Crippen LogP contribution >= 0.6 is 0 Å². The van der Waals surface area contributed by atoms with E-state index in [0.29, 0.717) is 29.4 Å². The molecule has 0 radical (unpaired) electrons. The van der Waals surface area contributed by atoms with Crippen LogP contribution in [0.2, 0.25) is 0 Å². The summed E-state index contributed by atoms with van der Waals surface area (Å²) in [4.78, 5) is 28.3. The minimum atomic E-state index is -0.488. The first-order chi connectivity index (χ1) is 13.6. The molecule has 28 heavy (non-hydrogen) atoms. The van der Waals surface area contributed by atoms with Crippen molar-refractivity contribution < 1.29 is 23.5 Å². The highest BCUT2D eigenvalue weighted by Crippen LogP contribution is 2.21. The van der Waals surface area contributed by atoms with Crippen LogP contribution < -0.4 is 4.74 Å². The van der Waals surface area contributed by atoms with Gasteiger partial charge in [0.25, 0.3) is 0 Å². The second-order valence-corrected chi connectivity index (χ2v) is 6.27. The number of oxazole rings is 1. The molecule has 1 aromatic heterocycles. The van der Waals surface area contributed by atoms with Crippen LogP contribution in [0.1, 0.15) is 28.2 Å². The predicted octanol–water partition coefficient (Wildman–Crippen LogP) is 4.02. The molecule has 3 aromatic rings. The lowest BCUT2D eigenvalue weighted by atomic mass is 10.1. The highest BCUT2D eigenvalue weighted by atomic mass is 16.5. The Morgan fingerprint density at radius 1 is 1.07 bits per heavy atom. The normalized spacial score (nSPS) is 10.5. The number of hydrogen-bond donors (Lipinski definition) is 0. The standard InChI is InChI=1S/C22H21NO5/c1-15-7-9-16(10-8-15)20-13-23-21(28-20)11-12-22(25)27-14-18(24)17-5-3-4-6-19(17)26-2/h3-10,13H,11-12,14H2,1-2H3. The van der Waals surface area contributed by atoms with Gasteiger partial charge >= 0.3 is 5.97 Å². The first-order valence-corrected chi connectivity index (χ1v) is 8.90. The lowest BCUT2D eigenvalue weighted by Crippen LogP contribution is -2.15. The van der Waals surface area contributed by atoms with Gasteiger partial charge in [0.2, 0.25) is 5.78 Å². The van der Waals surface area contributed by atoms with Crippen molar-refractivity contribution in [1.82, 2.24) is 4.98 Å². The highest BCUT2D eigenvalue weighted by Gasteiger charge is 2.15. The van der Waals surface area contributed by atoms with Crippen molar-refractivity contribution in [2.75, 3.05) is 13.7 Å². The van der Waals surface area contributed by atoms with Crippen LogP contribution in [0, 0.1) is 6.92 Å². The summed E-state index contributed by atoms with van der Waals surface area (Å²) in [6, 6.07) is 14.7. The predicted molar refractivity (Wildman–Crippen MR) is 103 cm³/mol. The maximum absolute atomic E-state index is 12.2. The van der Waals surface area contributed by atoms with Crippen molar-refractivity contribution in [2.24, 2.45) is 0 Å². The molecule has 1 heterocycles. The number of aromatic nitrogens is 1. The molecule has 144 valence electrons. The van der Waals surface area contributed by atoms with E-state index in [4.69, 9.17) is 13.9 Å². The van der Waals surface area contributed by atoms with Gasteiger partial charge in [-0.1, -0.05) is 42.0 Å². The third-order valence-corrected chi connectivity index (χ3v) is 4.20. The quantitative estimate of drug-likeness (QED) is 0.434. The third kappa shape index (κ3) is 4.85. The molecule has 2 aromatic carbocycles. The fraction of sp³-hybridized carbons (Fsp3) is 0.227. The zero-order chi connectivity index (χ0) is 19.9. The summed E-state index contributed by atoms with van der Waals surface area (Å²) < 4.78 is 15.9. The largest absolute Gasteiger partial charge is 0.496 e. The van der Waals surface area contributed by atoms with Gasteiger partial charge < -0.3 is 13.9 Å². The maximum atomic E-state index is 12.2. The molecule has 0 aliphatic carbocycles. The topological polar surface area (TPSA) is 78.6 Å². The zero-order valence-corrected chi connectivity index (χ0v) is 15.8. The van der Waals surface area contributed by atoms with Crippen molar-refractivity contribution >= 4 is 11.8 Å². The number of Topliss-reactive ketones (excluding diaryl/α,β-unsaturated/α-hetero) is 1. The number of carbonyl (C=O) groups is 2. The molecule has 0 unspecified atom stereocenters. The van der Waals surface area contributed by atoms with Crippen LogP contribution in [0.25, 0.3) is 11.3 Å². The van der Waals surface area contributed by atoms with Crippen molar-refractivity contribution in [1.29, 1.82) is 0 Å². The fourth-order valence-electron chi connectivity index (χ4n) is 2.66. The van der Waals surface area contributed by atoms with E-state index < -0.39 is 5.97 Å². The molecular weight excluding hydrogens is 358 g/mol. The average Bonchev–Trinajstić information content (AvgIpc) is 3.20. The van der Waals surface area contributed by atoms with Gasteiger partial charge in [-0.3, -0.25) is 9.59 Å². The smallest absolute Gasteiger partial charge is 0.306 e. The van der Waals surface area contributed by atoms with Crippen LogP contribution in [0.5, 0.6) is 5.75 Å². The number of rotatable bonds is 8. The van der Waals surface area contributed by atoms with E-state index in [1.807, 2.05) is 31.2 Å². The van der Waals surface area contributed by atoms with Crippen molar-refractivity contribution in [2.45, 2.75) is 19.8 Å². The zero-order valence-electron chi connectivity index (χ0n) is 15.8. The van der Waals surface area contributed by atoms with Crippen molar-refractivity contribution in [3.8, 4) is 17.1 Å². The summed E-state index contributed by atoms with van der Waals surface area (Å²) in [5.41, 5.74) is 2.47. The second kappa shape index (κ2) is 8.99. The highest BCUT2D eigenvalue weighted by molar-refractivity contribution is 6.00. The molecule has 0 N–H and O–H groups in total. The van der Waals surface area contributed by atoms with Gasteiger partial charge in [-0.05, 0) is 19.1 Å². The molecular formula is C22H21NO5. The SMILES string of the molecule is COc1ccccc1C(=O)COC(=O)CCc1ncc(-c2ccc(C)cc2)o1. The van der Waals surface area contributed by atoms with E-state index in [-0.39, 0.29) is 18.8 Å². The van der Waals surface area contributed by atoms with E-state index in [2.05, 4.69) is 4.98 Å². The fourth-order valence-corrected chi connectivity index (χ4v) is 2.66. The van der Waals surface area contributed by atoms with Gasteiger partial charge in [0.1, 0.15) is 5.75 Å². The maximum Gasteiger partial charge on any atom is 0.306 e. The first kappa shape index (κ1) is 19.4. The molecule has 0 saturated carbocycles. The average molecular weight is 379 g/mol. The summed E-state index contributed by atoms with van der Waals surface area (Å²) in [5.74, 6) is 0.743. The lowest BCUT2D eigenvalue weighted by molar-refractivity contribution is -0.142. The number of nitrogens with zero attached hydrogens (tertiary/aromatic N) is 1. The molecule has 6 heteroatoms. The Kier molecular flexibility index (Phi) is 6.22. The molecule has 3 rings (SSSR count). The van der Waals surface area contributed by atoms with Gasteiger partial charge in [0.05, 0.1) is 25.3 Å². The summed E-state index contributed by atoms with van der Waals surface area (Å²) in [7, 11) is 1.49. The number of aryl methyl sites for hydroxylation is 2. The Labute approximate surface area is 163 Å². The van der Waals surface area contributed by atoms with Crippen LogP contribution in [0.4, 0.5) is 0 Å². The third-order valence-electron chi connectivity index (χ3n) is 4.20. The van der Waals surface area contributed by atoms with Crippen LogP contribution in [-0.2, 0) is 16.0 Å². The number of methoxy groups -OCH3 is 1. The van der Waals surface area contributed by atoms with Crippen LogP contribution in [-0.4, -0.2) is 30.5 Å². The van der Waals surface area contributed by atoms with Crippen LogP contribution in [0.15, 0.2) is 59.1 Å². The summed E-state index contributed by atoms with van der Waals surface area (Å²) in [6.45, 7) is 1.68. The molecule has 0 amide bonds. The molecule has 0 aliphatic heterocycles. The number of ether oxygens (including phenoxy) is 2.